The van der Waals surface area contributed by atoms with Gasteiger partial charge in [0.05, 0.1) is 6.10 Å². The van der Waals surface area contributed by atoms with E-state index >= 15 is 0 Å². The molecular formula is C16H28O2Si. The van der Waals surface area contributed by atoms with E-state index in [4.69, 9.17) is 4.43 Å². The zero-order valence-electron chi connectivity index (χ0n) is 13.0. The van der Waals surface area contributed by atoms with Crippen molar-refractivity contribution in [2.75, 3.05) is 0 Å². The summed E-state index contributed by atoms with van der Waals surface area (Å²) in [5.41, 5.74) is -0.144. The van der Waals surface area contributed by atoms with Gasteiger partial charge in [0.15, 0.2) is 8.32 Å². The van der Waals surface area contributed by atoms with Crippen LogP contribution in [0.1, 0.15) is 40.0 Å². The van der Waals surface area contributed by atoms with Crippen LogP contribution in [0.2, 0.25) is 18.1 Å². The van der Waals surface area contributed by atoms with Crippen molar-refractivity contribution in [3.05, 3.63) is 24.8 Å². The van der Waals surface area contributed by atoms with Crippen LogP contribution in [-0.2, 0) is 9.22 Å². The van der Waals surface area contributed by atoms with Crippen LogP contribution in [0.3, 0.4) is 0 Å². The van der Waals surface area contributed by atoms with Gasteiger partial charge in [-0.15, -0.1) is 6.58 Å². The zero-order valence-corrected chi connectivity index (χ0v) is 14.0. The third-order valence-corrected chi connectivity index (χ3v) is 9.16. The van der Waals surface area contributed by atoms with Gasteiger partial charge in [-0.1, -0.05) is 39.0 Å². The van der Waals surface area contributed by atoms with Gasteiger partial charge in [-0.2, -0.15) is 0 Å². The molecule has 2 atom stereocenters. The molecule has 0 bridgehead atoms. The third kappa shape index (κ3) is 3.89. The van der Waals surface area contributed by atoms with Gasteiger partial charge in [0, 0.05) is 11.8 Å². The van der Waals surface area contributed by atoms with E-state index in [0.29, 0.717) is 6.42 Å². The molecule has 1 aliphatic carbocycles. The normalized spacial score (nSPS) is 28.2. The molecule has 0 heterocycles. The molecule has 0 amide bonds. The van der Waals surface area contributed by atoms with Crippen molar-refractivity contribution in [2.45, 2.75) is 64.3 Å². The summed E-state index contributed by atoms with van der Waals surface area (Å²) in [6, 6.07) is 0. The summed E-state index contributed by atoms with van der Waals surface area (Å²) >= 11 is 0. The second-order valence-corrected chi connectivity index (χ2v) is 11.9. The molecule has 1 unspecified atom stereocenters. The summed E-state index contributed by atoms with van der Waals surface area (Å²) in [5, 5.41) is 0.233. The number of hydrogen-bond donors (Lipinski definition) is 0. The molecule has 3 heteroatoms. The fourth-order valence-electron chi connectivity index (χ4n) is 2.12. The molecule has 0 saturated heterocycles. The Morgan fingerprint density at radius 1 is 1.47 bits per heavy atom. The van der Waals surface area contributed by atoms with E-state index in [1.165, 1.54) is 0 Å². The molecular weight excluding hydrogens is 252 g/mol. The van der Waals surface area contributed by atoms with Crippen molar-refractivity contribution in [3.8, 4) is 0 Å². The van der Waals surface area contributed by atoms with Crippen molar-refractivity contribution in [1.82, 2.24) is 0 Å². The number of allylic oxidation sites excluding steroid dienone is 2. The molecule has 1 rings (SSSR count). The van der Waals surface area contributed by atoms with Gasteiger partial charge in [-0.05, 0) is 31.0 Å². The first-order valence-corrected chi connectivity index (χ1v) is 10.0. The second-order valence-electron chi connectivity index (χ2n) is 7.12. The Balaban J connectivity index is 2.74. The molecule has 0 spiro atoms. The van der Waals surface area contributed by atoms with Crippen molar-refractivity contribution in [1.29, 1.82) is 0 Å². The molecule has 0 aromatic carbocycles. The Morgan fingerprint density at radius 2 is 2.11 bits per heavy atom. The minimum absolute atomic E-state index is 0.144. The Kier molecular flexibility index (Phi) is 4.96. The maximum absolute atomic E-state index is 10.8. The van der Waals surface area contributed by atoms with Crippen LogP contribution in [-0.4, -0.2) is 20.7 Å². The van der Waals surface area contributed by atoms with E-state index < -0.39 is 8.32 Å². The Morgan fingerprint density at radius 3 is 2.47 bits per heavy atom. The monoisotopic (exact) mass is 280 g/mol. The quantitative estimate of drug-likeness (QED) is 0.421. The third-order valence-electron chi connectivity index (χ3n) is 4.66. The van der Waals surface area contributed by atoms with E-state index in [1.54, 1.807) is 0 Å². The number of carbonyl (C=O) groups excluding carboxylic acids is 1. The van der Waals surface area contributed by atoms with Gasteiger partial charge in [0.25, 0.3) is 0 Å². The van der Waals surface area contributed by atoms with Gasteiger partial charge < -0.3 is 9.22 Å². The lowest BCUT2D eigenvalue weighted by molar-refractivity contribution is -0.109. The highest BCUT2D eigenvalue weighted by molar-refractivity contribution is 6.74. The minimum Gasteiger partial charge on any atom is -0.411 e. The summed E-state index contributed by atoms with van der Waals surface area (Å²) in [5.74, 6) is 0. The zero-order chi connectivity index (χ0) is 14.7. The van der Waals surface area contributed by atoms with Crippen molar-refractivity contribution in [2.24, 2.45) is 5.41 Å². The van der Waals surface area contributed by atoms with Gasteiger partial charge in [-0.25, -0.2) is 0 Å². The highest BCUT2D eigenvalue weighted by Gasteiger charge is 2.40. The average molecular weight is 280 g/mol. The average Bonchev–Trinajstić information content (AvgIpc) is 2.30. The molecule has 0 aromatic heterocycles. The highest BCUT2D eigenvalue weighted by Crippen LogP contribution is 2.41. The fourth-order valence-corrected chi connectivity index (χ4v) is 3.43. The van der Waals surface area contributed by atoms with Gasteiger partial charge in [-0.3, -0.25) is 0 Å². The molecule has 0 N–H and O–H groups in total. The lowest BCUT2D eigenvalue weighted by Gasteiger charge is -2.41. The molecule has 1 aliphatic rings. The lowest BCUT2D eigenvalue weighted by Crippen LogP contribution is -2.44. The van der Waals surface area contributed by atoms with Crippen molar-refractivity contribution < 1.29 is 9.22 Å². The Hall–Kier alpha value is -0.673. The first-order valence-electron chi connectivity index (χ1n) is 7.10. The van der Waals surface area contributed by atoms with Gasteiger partial charge in [0.2, 0.25) is 0 Å². The van der Waals surface area contributed by atoms with Crippen LogP contribution in [0, 0.1) is 5.41 Å². The summed E-state index contributed by atoms with van der Waals surface area (Å²) < 4.78 is 6.39. The molecule has 0 saturated carbocycles. The molecule has 0 aliphatic heterocycles. The maximum Gasteiger partial charge on any atom is 0.192 e. The van der Waals surface area contributed by atoms with E-state index in [-0.39, 0.29) is 16.6 Å². The largest absolute Gasteiger partial charge is 0.411 e. The van der Waals surface area contributed by atoms with Crippen LogP contribution in [0.4, 0.5) is 0 Å². The van der Waals surface area contributed by atoms with Crippen LogP contribution < -0.4 is 0 Å². The van der Waals surface area contributed by atoms with E-state index in [2.05, 4.69) is 52.6 Å². The Bertz CT molecular complexity index is 365. The number of hydrogen-bond acceptors (Lipinski definition) is 2. The van der Waals surface area contributed by atoms with Crippen LogP contribution in [0.15, 0.2) is 24.8 Å². The van der Waals surface area contributed by atoms with Crippen LogP contribution in [0.25, 0.3) is 0 Å². The van der Waals surface area contributed by atoms with Gasteiger partial charge >= 0.3 is 0 Å². The number of aldehydes is 1. The predicted molar refractivity (Wildman–Crippen MR) is 83.8 cm³/mol. The minimum atomic E-state index is -1.71. The summed E-state index contributed by atoms with van der Waals surface area (Å²) in [6.45, 7) is 15.2. The van der Waals surface area contributed by atoms with Crippen LogP contribution >= 0.6 is 0 Å². The van der Waals surface area contributed by atoms with E-state index in [0.717, 1.165) is 19.1 Å². The standard InChI is InChI=1S/C16H28O2Si/c1-7-16(12-13-17)10-8-14(9-11-16)18-19(5,6)15(2,3)4/h7-8,10,13-14H,1,9,11-12H2,2-6H3/t14-,16?/m1/s1. The van der Waals surface area contributed by atoms with Crippen LogP contribution in [0.5, 0.6) is 0 Å². The van der Waals surface area contributed by atoms with Crippen molar-refractivity contribution in [3.63, 3.8) is 0 Å². The van der Waals surface area contributed by atoms with E-state index in [1.807, 2.05) is 6.08 Å². The van der Waals surface area contributed by atoms with E-state index in [9.17, 15) is 4.79 Å². The first kappa shape index (κ1) is 16.4. The van der Waals surface area contributed by atoms with Crippen molar-refractivity contribution >= 4 is 14.6 Å². The Labute approximate surface area is 119 Å². The predicted octanol–water partition coefficient (Wildman–Crippen LogP) is 4.49. The van der Waals surface area contributed by atoms with Gasteiger partial charge in [0.1, 0.15) is 6.29 Å². The summed E-state index contributed by atoms with van der Waals surface area (Å²) in [4.78, 5) is 10.8. The lowest BCUT2D eigenvalue weighted by atomic mass is 9.76. The number of carbonyl (C=O) groups is 1. The maximum atomic E-state index is 10.8. The fraction of sp³-hybridized carbons (Fsp3) is 0.688. The summed E-state index contributed by atoms with van der Waals surface area (Å²) in [7, 11) is -1.71. The SMILES string of the molecule is C=CC1(CC=O)C=C[C@@H](O[Si](C)(C)C(C)(C)C)CC1. The molecule has 2 nitrogen and oxygen atoms in total. The summed E-state index contributed by atoms with van der Waals surface area (Å²) in [6.07, 6.45) is 9.79. The highest BCUT2D eigenvalue weighted by atomic mass is 28.4. The molecule has 0 fully saturated rings. The molecule has 0 aromatic rings. The second kappa shape index (κ2) is 5.76. The number of rotatable bonds is 5. The smallest absolute Gasteiger partial charge is 0.192 e. The first-order chi connectivity index (χ1) is 8.66. The molecule has 108 valence electrons. The molecule has 19 heavy (non-hydrogen) atoms. The molecule has 0 radical (unpaired) electrons. The topological polar surface area (TPSA) is 26.3 Å².